The number of esters is 1. The highest BCUT2D eigenvalue weighted by molar-refractivity contribution is 5.98. The average molecular weight is 295 g/mol. The minimum absolute atomic E-state index is 0.0280. The summed E-state index contributed by atoms with van der Waals surface area (Å²) >= 11 is 0. The minimum Gasteiger partial charge on any atom is -0.465 e. The van der Waals surface area contributed by atoms with Crippen LogP contribution < -0.4 is 0 Å². The van der Waals surface area contributed by atoms with Gasteiger partial charge in [-0.3, -0.25) is 9.59 Å². The predicted octanol–water partition coefficient (Wildman–Crippen LogP) is 2.86. The van der Waals surface area contributed by atoms with Crippen molar-refractivity contribution in [2.45, 2.75) is 53.4 Å². The van der Waals surface area contributed by atoms with E-state index in [-0.39, 0.29) is 11.9 Å². The Morgan fingerprint density at radius 2 is 1.57 bits per heavy atom. The molecule has 0 heterocycles. The Balaban J connectivity index is 2.09. The molecule has 21 heavy (non-hydrogen) atoms. The van der Waals surface area contributed by atoms with Gasteiger partial charge < -0.3 is 9.64 Å². The van der Waals surface area contributed by atoms with Crippen LogP contribution in [-0.4, -0.2) is 36.5 Å². The lowest BCUT2D eigenvalue weighted by Crippen LogP contribution is -2.47. The van der Waals surface area contributed by atoms with Crippen molar-refractivity contribution in [2.75, 3.05) is 19.7 Å². The molecule has 1 unspecified atom stereocenters. The third-order valence-electron chi connectivity index (χ3n) is 4.30. The molecule has 2 fully saturated rings. The predicted molar refractivity (Wildman–Crippen MR) is 81.6 cm³/mol. The number of nitrogens with zero attached hydrogens (tertiary/aromatic N) is 1. The third-order valence-corrected chi connectivity index (χ3v) is 4.30. The Hall–Kier alpha value is -1.06. The molecule has 4 nitrogen and oxygen atoms in total. The maximum atomic E-state index is 13.0. The molecule has 1 amide bonds. The third kappa shape index (κ3) is 4.72. The number of ether oxygens (including phenoxy) is 1. The van der Waals surface area contributed by atoms with Gasteiger partial charge in [0.2, 0.25) is 5.91 Å². The first-order chi connectivity index (χ1) is 9.82. The molecule has 4 heteroatoms. The Morgan fingerprint density at radius 3 is 1.90 bits per heavy atom. The largest absolute Gasteiger partial charge is 0.465 e. The van der Waals surface area contributed by atoms with Gasteiger partial charge in [0.1, 0.15) is 5.92 Å². The van der Waals surface area contributed by atoms with Crippen LogP contribution in [0.4, 0.5) is 0 Å². The van der Waals surface area contributed by atoms with Gasteiger partial charge in [0.05, 0.1) is 6.61 Å². The summed E-state index contributed by atoms with van der Waals surface area (Å²) in [6.07, 6.45) is 4.87. The van der Waals surface area contributed by atoms with Crippen molar-refractivity contribution in [3.63, 3.8) is 0 Å². The highest BCUT2D eigenvalue weighted by Gasteiger charge is 2.43. The van der Waals surface area contributed by atoms with E-state index in [2.05, 4.69) is 0 Å². The second-order valence-electron chi connectivity index (χ2n) is 7.68. The highest BCUT2D eigenvalue weighted by Crippen LogP contribution is 2.36. The molecule has 1 atom stereocenters. The summed E-state index contributed by atoms with van der Waals surface area (Å²) in [5.41, 5.74) is -0.408. The van der Waals surface area contributed by atoms with E-state index in [4.69, 9.17) is 4.74 Å². The first-order valence-electron chi connectivity index (χ1n) is 8.28. The second-order valence-corrected chi connectivity index (χ2v) is 7.68. The van der Waals surface area contributed by atoms with Gasteiger partial charge >= 0.3 is 5.97 Å². The molecule has 0 N–H and O–H groups in total. The highest BCUT2D eigenvalue weighted by atomic mass is 16.5. The number of hydrogen-bond acceptors (Lipinski definition) is 3. The molecule has 0 radical (unpaired) electrons. The van der Waals surface area contributed by atoms with Crippen LogP contribution in [0.2, 0.25) is 0 Å². The van der Waals surface area contributed by atoms with Crippen molar-refractivity contribution in [1.29, 1.82) is 0 Å². The number of rotatable bonds is 7. The first-order valence-corrected chi connectivity index (χ1v) is 8.28. The van der Waals surface area contributed by atoms with Crippen LogP contribution in [0.3, 0.4) is 0 Å². The molecule has 0 aliphatic heterocycles. The van der Waals surface area contributed by atoms with Gasteiger partial charge in [-0.05, 0) is 49.9 Å². The van der Waals surface area contributed by atoms with Crippen LogP contribution in [0, 0.1) is 23.2 Å². The molecule has 2 saturated carbocycles. The van der Waals surface area contributed by atoms with Crippen LogP contribution >= 0.6 is 0 Å². The molecule has 0 aromatic heterocycles. The van der Waals surface area contributed by atoms with E-state index in [1.807, 2.05) is 25.7 Å². The van der Waals surface area contributed by atoms with Crippen LogP contribution in [0.5, 0.6) is 0 Å². The molecule has 0 aromatic carbocycles. The standard InChI is InChI=1S/C17H29NO3/c1-5-21-16(20)14(17(2,3)4)15(19)18(10-12-6-7-12)11-13-8-9-13/h12-14H,5-11H2,1-4H3. The molecule has 2 rings (SSSR count). The van der Waals surface area contributed by atoms with Crippen molar-refractivity contribution >= 4 is 11.9 Å². The van der Waals surface area contributed by atoms with E-state index in [9.17, 15) is 9.59 Å². The summed E-state index contributed by atoms with van der Waals surface area (Å²) in [5, 5.41) is 0. The summed E-state index contributed by atoms with van der Waals surface area (Å²) in [4.78, 5) is 27.2. The fraction of sp³-hybridized carbons (Fsp3) is 0.882. The zero-order valence-electron chi connectivity index (χ0n) is 13.9. The fourth-order valence-electron chi connectivity index (χ4n) is 2.71. The fourth-order valence-corrected chi connectivity index (χ4v) is 2.71. The molecule has 120 valence electrons. The molecule has 0 bridgehead atoms. The van der Waals surface area contributed by atoms with Crippen molar-refractivity contribution in [3.8, 4) is 0 Å². The molecule has 0 saturated heterocycles. The summed E-state index contributed by atoms with van der Waals surface area (Å²) in [6, 6.07) is 0. The molecule has 0 aromatic rings. The summed E-state index contributed by atoms with van der Waals surface area (Å²) in [7, 11) is 0. The monoisotopic (exact) mass is 295 g/mol. The first kappa shape index (κ1) is 16.3. The van der Waals surface area contributed by atoms with Gasteiger partial charge in [0, 0.05) is 13.1 Å². The summed E-state index contributed by atoms with van der Waals surface area (Å²) in [6.45, 7) is 9.58. The topological polar surface area (TPSA) is 46.6 Å². The number of carbonyl (C=O) groups excluding carboxylic acids is 2. The lowest BCUT2D eigenvalue weighted by Gasteiger charge is -2.33. The van der Waals surface area contributed by atoms with E-state index in [0.29, 0.717) is 18.4 Å². The van der Waals surface area contributed by atoms with Crippen LogP contribution in [-0.2, 0) is 14.3 Å². The quantitative estimate of drug-likeness (QED) is 0.536. The van der Waals surface area contributed by atoms with Crippen molar-refractivity contribution in [3.05, 3.63) is 0 Å². The van der Waals surface area contributed by atoms with Gasteiger partial charge in [-0.15, -0.1) is 0 Å². The average Bonchev–Trinajstić information content (AvgIpc) is 3.21. The lowest BCUT2D eigenvalue weighted by atomic mass is 9.79. The number of amides is 1. The van der Waals surface area contributed by atoms with Gasteiger partial charge in [-0.1, -0.05) is 20.8 Å². The van der Waals surface area contributed by atoms with Crippen LogP contribution in [0.25, 0.3) is 0 Å². The maximum Gasteiger partial charge on any atom is 0.319 e. The Kier molecular flexibility index (Phi) is 4.95. The van der Waals surface area contributed by atoms with E-state index in [0.717, 1.165) is 13.1 Å². The molecule has 0 spiro atoms. The Morgan fingerprint density at radius 1 is 1.10 bits per heavy atom. The van der Waals surface area contributed by atoms with E-state index < -0.39 is 11.3 Å². The molecule has 2 aliphatic rings. The smallest absolute Gasteiger partial charge is 0.319 e. The minimum atomic E-state index is -0.685. The summed E-state index contributed by atoms with van der Waals surface area (Å²) in [5.74, 6) is 0.215. The SMILES string of the molecule is CCOC(=O)C(C(=O)N(CC1CC1)CC1CC1)C(C)(C)C. The van der Waals surface area contributed by atoms with Crippen molar-refractivity contribution in [2.24, 2.45) is 23.2 Å². The maximum absolute atomic E-state index is 13.0. The second kappa shape index (κ2) is 6.37. The normalized spacial score (nSPS) is 20.0. The van der Waals surface area contributed by atoms with E-state index in [1.165, 1.54) is 25.7 Å². The molecular formula is C17H29NO3. The van der Waals surface area contributed by atoms with Gasteiger partial charge in [-0.25, -0.2) is 0 Å². The van der Waals surface area contributed by atoms with Gasteiger partial charge in [0.15, 0.2) is 0 Å². The number of carbonyl (C=O) groups is 2. The number of hydrogen-bond donors (Lipinski definition) is 0. The van der Waals surface area contributed by atoms with E-state index >= 15 is 0 Å². The van der Waals surface area contributed by atoms with Gasteiger partial charge in [0.25, 0.3) is 0 Å². The zero-order valence-corrected chi connectivity index (χ0v) is 13.9. The Labute approximate surface area is 128 Å². The van der Waals surface area contributed by atoms with Crippen LogP contribution in [0.15, 0.2) is 0 Å². The molecular weight excluding hydrogens is 266 g/mol. The van der Waals surface area contributed by atoms with Crippen molar-refractivity contribution < 1.29 is 14.3 Å². The van der Waals surface area contributed by atoms with Crippen LogP contribution in [0.1, 0.15) is 53.4 Å². The Bertz CT molecular complexity index is 377. The zero-order chi connectivity index (χ0) is 15.6. The lowest BCUT2D eigenvalue weighted by molar-refractivity contribution is -0.160. The summed E-state index contributed by atoms with van der Waals surface area (Å²) < 4.78 is 5.16. The van der Waals surface area contributed by atoms with Gasteiger partial charge in [-0.2, -0.15) is 0 Å². The van der Waals surface area contributed by atoms with Crippen molar-refractivity contribution in [1.82, 2.24) is 4.90 Å². The van der Waals surface area contributed by atoms with E-state index in [1.54, 1.807) is 6.92 Å². The molecule has 2 aliphatic carbocycles.